The Morgan fingerprint density at radius 2 is 2.15 bits per heavy atom. The Labute approximate surface area is 127 Å². The Morgan fingerprint density at radius 1 is 1.40 bits per heavy atom. The van der Waals surface area contributed by atoms with Crippen LogP contribution in [0.1, 0.15) is 36.8 Å². The van der Waals surface area contributed by atoms with E-state index in [0.29, 0.717) is 6.54 Å². The molecule has 112 valence electrons. The summed E-state index contributed by atoms with van der Waals surface area (Å²) in [6.07, 6.45) is 3.98. The molecular formula is C16H25ClN2O. The minimum Gasteiger partial charge on any atom is -0.341 e. The molecule has 1 aliphatic rings. The molecule has 1 aliphatic carbocycles. The highest BCUT2D eigenvalue weighted by Gasteiger charge is 2.27. The number of nitrogens with two attached hydrogens (primary N) is 1. The first-order valence-corrected chi connectivity index (χ1v) is 7.12. The van der Waals surface area contributed by atoms with Gasteiger partial charge in [0.15, 0.2) is 0 Å². The molecule has 3 nitrogen and oxygen atoms in total. The van der Waals surface area contributed by atoms with Crippen LogP contribution in [0.3, 0.4) is 0 Å². The summed E-state index contributed by atoms with van der Waals surface area (Å²) in [6.45, 7) is 2.76. The first kappa shape index (κ1) is 17.0. The molecule has 1 amide bonds. The number of amides is 1. The average molecular weight is 297 g/mol. The zero-order chi connectivity index (χ0) is 13.8. The van der Waals surface area contributed by atoms with Crippen LogP contribution in [0.5, 0.6) is 0 Å². The molecule has 0 aliphatic heterocycles. The van der Waals surface area contributed by atoms with Crippen molar-refractivity contribution in [2.24, 2.45) is 11.7 Å². The van der Waals surface area contributed by atoms with Gasteiger partial charge in [0.05, 0.1) is 0 Å². The highest BCUT2D eigenvalue weighted by molar-refractivity contribution is 5.85. The Kier molecular flexibility index (Phi) is 6.50. The molecule has 2 unspecified atom stereocenters. The van der Waals surface area contributed by atoms with E-state index >= 15 is 0 Å². The SMILES string of the molecule is Cc1cccc(CN(C)C(=O)C2CCCC(N)C2)c1.Cl. The largest absolute Gasteiger partial charge is 0.341 e. The van der Waals surface area contributed by atoms with Gasteiger partial charge in [0, 0.05) is 25.6 Å². The number of halogens is 1. The topological polar surface area (TPSA) is 46.3 Å². The van der Waals surface area contributed by atoms with Crippen molar-refractivity contribution >= 4 is 18.3 Å². The van der Waals surface area contributed by atoms with Crippen molar-refractivity contribution in [2.75, 3.05) is 7.05 Å². The monoisotopic (exact) mass is 296 g/mol. The summed E-state index contributed by atoms with van der Waals surface area (Å²) in [7, 11) is 1.89. The lowest BCUT2D eigenvalue weighted by Crippen LogP contribution is -2.38. The summed E-state index contributed by atoms with van der Waals surface area (Å²) < 4.78 is 0. The fourth-order valence-electron chi connectivity index (χ4n) is 2.93. The molecule has 1 aromatic rings. The molecule has 20 heavy (non-hydrogen) atoms. The van der Waals surface area contributed by atoms with Crippen LogP contribution >= 0.6 is 12.4 Å². The van der Waals surface area contributed by atoms with Gasteiger partial charge in [-0.05, 0) is 31.7 Å². The third-order valence-electron chi connectivity index (χ3n) is 3.94. The van der Waals surface area contributed by atoms with Crippen LogP contribution in [0.4, 0.5) is 0 Å². The summed E-state index contributed by atoms with van der Waals surface area (Å²) >= 11 is 0. The highest BCUT2D eigenvalue weighted by atomic mass is 35.5. The van der Waals surface area contributed by atoms with Crippen LogP contribution in [-0.4, -0.2) is 23.9 Å². The fourth-order valence-corrected chi connectivity index (χ4v) is 2.93. The number of nitrogens with zero attached hydrogens (tertiary/aromatic N) is 1. The molecule has 2 N–H and O–H groups in total. The quantitative estimate of drug-likeness (QED) is 0.932. The molecule has 1 aromatic carbocycles. The second-order valence-electron chi connectivity index (χ2n) is 5.81. The second kappa shape index (κ2) is 7.65. The summed E-state index contributed by atoms with van der Waals surface area (Å²) in [4.78, 5) is 14.2. The fraction of sp³-hybridized carbons (Fsp3) is 0.562. The van der Waals surface area contributed by atoms with E-state index in [4.69, 9.17) is 5.73 Å². The van der Waals surface area contributed by atoms with Gasteiger partial charge in [-0.3, -0.25) is 4.79 Å². The van der Waals surface area contributed by atoms with Gasteiger partial charge in [-0.1, -0.05) is 36.2 Å². The van der Waals surface area contributed by atoms with E-state index in [-0.39, 0.29) is 30.3 Å². The zero-order valence-corrected chi connectivity index (χ0v) is 13.2. The van der Waals surface area contributed by atoms with E-state index in [9.17, 15) is 4.79 Å². The van der Waals surface area contributed by atoms with Crippen molar-refractivity contribution in [3.05, 3.63) is 35.4 Å². The molecule has 2 atom stereocenters. The number of hydrogen-bond donors (Lipinski definition) is 1. The van der Waals surface area contributed by atoms with Crippen molar-refractivity contribution in [2.45, 2.75) is 45.2 Å². The Hall–Kier alpha value is -1.06. The maximum atomic E-state index is 12.4. The lowest BCUT2D eigenvalue weighted by Gasteiger charge is -2.29. The van der Waals surface area contributed by atoms with Gasteiger partial charge in [0.1, 0.15) is 0 Å². The van der Waals surface area contributed by atoms with Crippen LogP contribution in [0.25, 0.3) is 0 Å². The molecule has 1 saturated carbocycles. The average Bonchev–Trinajstić information content (AvgIpc) is 2.38. The standard InChI is InChI=1S/C16H24N2O.ClH/c1-12-5-3-6-13(9-12)11-18(2)16(19)14-7-4-8-15(17)10-14;/h3,5-6,9,14-15H,4,7-8,10-11,17H2,1-2H3;1H. The van der Waals surface area contributed by atoms with Crippen molar-refractivity contribution in [3.8, 4) is 0 Å². The first-order chi connectivity index (χ1) is 9.06. The number of carbonyl (C=O) groups is 1. The summed E-state index contributed by atoms with van der Waals surface area (Å²) in [6, 6.07) is 8.53. The number of rotatable bonds is 3. The number of hydrogen-bond acceptors (Lipinski definition) is 2. The van der Waals surface area contributed by atoms with Crippen molar-refractivity contribution in [1.82, 2.24) is 4.90 Å². The minimum absolute atomic E-state index is 0. The molecular weight excluding hydrogens is 272 g/mol. The Morgan fingerprint density at radius 3 is 2.80 bits per heavy atom. The molecule has 0 bridgehead atoms. The smallest absolute Gasteiger partial charge is 0.225 e. The third-order valence-corrected chi connectivity index (χ3v) is 3.94. The predicted molar refractivity (Wildman–Crippen MR) is 84.8 cm³/mol. The van der Waals surface area contributed by atoms with Crippen molar-refractivity contribution < 1.29 is 4.79 Å². The van der Waals surface area contributed by atoms with Gasteiger partial charge in [-0.2, -0.15) is 0 Å². The normalized spacial score (nSPS) is 21.9. The third kappa shape index (κ3) is 4.50. The van der Waals surface area contributed by atoms with Gasteiger partial charge in [0.25, 0.3) is 0 Å². The summed E-state index contributed by atoms with van der Waals surface area (Å²) in [5.41, 5.74) is 8.39. The van der Waals surface area contributed by atoms with Crippen LogP contribution in [-0.2, 0) is 11.3 Å². The number of aryl methyl sites for hydroxylation is 1. The maximum Gasteiger partial charge on any atom is 0.225 e. The van der Waals surface area contributed by atoms with Gasteiger partial charge in [-0.25, -0.2) is 0 Å². The molecule has 0 heterocycles. The van der Waals surface area contributed by atoms with Crippen LogP contribution in [0.2, 0.25) is 0 Å². The van der Waals surface area contributed by atoms with Gasteiger partial charge < -0.3 is 10.6 Å². The predicted octanol–water partition coefficient (Wildman–Crippen LogP) is 2.89. The zero-order valence-electron chi connectivity index (χ0n) is 12.3. The van der Waals surface area contributed by atoms with Crippen LogP contribution in [0.15, 0.2) is 24.3 Å². The van der Waals surface area contributed by atoms with Gasteiger partial charge in [-0.15, -0.1) is 12.4 Å². The van der Waals surface area contributed by atoms with Gasteiger partial charge >= 0.3 is 0 Å². The number of benzene rings is 1. The lowest BCUT2D eigenvalue weighted by atomic mass is 9.85. The Bertz CT molecular complexity index is 450. The van der Waals surface area contributed by atoms with E-state index in [2.05, 4.69) is 25.1 Å². The number of carbonyl (C=O) groups excluding carboxylic acids is 1. The van der Waals surface area contributed by atoms with E-state index in [1.165, 1.54) is 11.1 Å². The summed E-state index contributed by atoms with van der Waals surface area (Å²) in [5.74, 6) is 0.371. The summed E-state index contributed by atoms with van der Waals surface area (Å²) in [5, 5.41) is 0. The van der Waals surface area contributed by atoms with E-state index in [1.807, 2.05) is 18.0 Å². The molecule has 2 rings (SSSR count). The molecule has 0 radical (unpaired) electrons. The van der Waals surface area contributed by atoms with Gasteiger partial charge in [0.2, 0.25) is 5.91 Å². The lowest BCUT2D eigenvalue weighted by molar-refractivity contribution is -0.135. The second-order valence-corrected chi connectivity index (χ2v) is 5.81. The van der Waals surface area contributed by atoms with E-state index in [0.717, 1.165) is 25.7 Å². The molecule has 0 aromatic heterocycles. The molecule has 0 spiro atoms. The van der Waals surface area contributed by atoms with Crippen LogP contribution in [0, 0.1) is 12.8 Å². The van der Waals surface area contributed by atoms with Crippen molar-refractivity contribution in [1.29, 1.82) is 0 Å². The molecule has 0 saturated heterocycles. The van der Waals surface area contributed by atoms with E-state index < -0.39 is 0 Å². The van der Waals surface area contributed by atoms with E-state index in [1.54, 1.807) is 0 Å². The molecule has 1 fully saturated rings. The first-order valence-electron chi connectivity index (χ1n) is 7.12. The Balaban J connectivity index is 0.00000200. The maximum absolute atomic E-state index is 12.4. The van der Waals surface area contributed by atoms with Crippen LogP contribution < -0.4 is 5.73 Å². The van der Waals surface area contributed by atoms with Crippen molar-refractivity contribution in [3.63, 3.8) is 0 Å². The molecule has 4 heteroatoms. The highest BCUT2D eigenvalue weighted by Crippen LogP contribution is 2.25. The minimum atomic E-state index is 0.